The fraction of sp³-hybridized carbons (Fsp3) is 0.346. The van der Waals surface area contributed by atoms with Crippen LogP contribution in [0.25, 0.3) is 10.4 Å². The minimum absolute atomic E-state index is 0.0142. The van der Waals surface area contributed by atoms with Gasteiger partial charge in [-0.05, 0) is 60.4 Å². The zero-order valence-corrected chi connectivity index (χ0v) is 19.2. The lowest BCUT2D eigenvalue weighted by atomic mass is 9.72. The van der Waals surface area contributed by atoms with Crippen molar-refractivity contribution in [1.82, 2.24) is 15.2 Å². The Kier molecular flexibility index (Phi) is 7.00. The second kappa shape index (κ2) is 10.1. The number of likely N-dealkylation sites (tertiary alicyclic amines) is 1. The molecule has 32 heavy (non-hydrogen) atoms. The lowest BCUT2D eigenvalue weighted by Gasteiger charge is -2.41. The zero-order chi connectivity index (χ0) is 22.4. The van der Waals surface area contributed by atoms with Gasteiger partial charge in [-0.15, -0.1) is 11.3 Å². The van der Waals surface area contributed by atoms with Crippen molar-refractivity contribution in [1.29, 1.82) is 0 Å². The van der Waals surface area contributed by atoms with E-state index in [-0.39, 0.29) is 11.8 Å². The molecule has 1 aliphatic rings. The van der Waals surface area contributed by atoms with Crippen molar-refractivity contribution in [2.45, 2.75) is 32.6 Å². The fourth-order valence-electron chi connectivity index (χ4n) is 4.43. The minimum Gasteiger partial charge on any atom is -0.356 e. The van der Waals surface area contributed by atoms with Crippen LogP contribution >= 0.6 is 11.3 Å². The quantitative estimate of drug-likeness (QED) is 0.566. The van der Waals surface area contributed by atoms with Crippen molar-refractivity contribution < 1.29 is 9.59 Å². The Balaban J connectivity index is 1.57. The maximum absolute atomic E-state index is 13.4. The van der Waals surface area contributed by atoms with Gasteiger partial charge < -0.3 is 10.2 Å². The van der Waals surface area contributed by atoms with E-state index in [1.54, 1.807) is 35.9 Å². The molecule has 1 aliphatic heterocycles. The number of benzene rings is 1. The second-order valence-electron chi connectivity index (χ2n) is 8.38. The number of pyridine rings is 1. The number of piperidine rings is 1. The fourth-order valence-corrected chi connectivity index (χ4v) is 5.22. The molecule has 2 amide bonds. The van der Waals surface area contributed by atoms with Gasteiger partial charge in [-0.1, -0.05) is 37.3 Å². The van der Waals surface area contributed by atoms with E-state index in [9.17, 15) is 9.59 Å². The predicted molar refractivity (Wildman–Crippen MR) is 129 cm³/mol. The van der Waals surface area contributed by atoms with Crippen LogP contribution in [-0.4, -0.2) is 41.3 Å². The molecule has 0 aliphatic carbocycles. The number of nitrogens with one attached hydrogen (secondary N) is 1. The molecule has 0 saturated carbocycles. The molecule has 0 bridgehead atoms. The second-order valence-corrected chi connectivity index (χ2v) is 9.33. The van der Waals surface area contributed by atoms with Gasteiger partial charge in [-0.25, -0.2) is 0 Å². The van der Waals surface area contributed by atoms with Crippen LogP contribution in [0.15, 0.2) is 66.3 Å². The lowest BCUT2D eigenvalue weighted by Crippen LogP contribution is -2.51. The van der Waals surface area contributed by atoms with Crippen molar-refractivity contribution in [3.63, 3.8) is 0 Å². The van der Waals surface area contributed by atoms with Crippen molar-refractivity contribution >= 4 is 23.2 Å². The monoisotopic (exact) mass is 447 g/mol. The third kappa shape index (κ3) is 4.75. The van der Waals surface area contributed by atoms with Crippen molar-refractivity contribution in [3.05, 3.63) is 77.4 Å². The van der Waals surface area contributed by atoms with Crippen LogP contribution in [0, 0.1) is 5.41 Å². The number of nitrogens with zero attached hydrogens (tertiary/aromatic N) is 2. The standard InChI is InChI=1S/C26H29N3O2S/c1-2-13-28-25(31)26(18-20-7-3-4-9-22(20)23-10-6-17-32-23)11-15-29(16-12-26)24(30)21-8-5-14-27-19-21/h3-10,14,17,19H,2,11-13,15-16,18H2,1H3,(H,28,31). The van der Waals surface area contributed by atoms with E-state index in [0.717, 1.165) is 6.42 Å². The molecule has 4 rings (SSSR count). The molecule has 166 valence electrons. The van der Waals surface area contributed by atoms with E-state index in [1.807, 2.05) is 11.0 Å². The van der Waals surface area contributed by atoms with Crippen LogP contribution in [-0.2, 0) is 11.2 Å². The van der Waals surface area contributed by atoms with Gasteiger partial charge >= 0.3 is 0 Å². The average Bonchev–Trinajstić information content (AvgIpc) is 3.38. The average molecular weight is 448 g/mol. The summed E-state index contributed by atoms with van der Waals surface area (Å²) in [6.07, 6.45) is 6.14. The van der Waals surface area contributed by atoms with Gasteiger partial charge in [0.15, 0.2) is 0 Å². The third-order valence-corrected chi connectivity index (χ3v) is 7.17. The summed E-state index contributed by atoms with van der Waals surface area (Å²) in [5.74, 6) is 0.0912. The van der Waals surface area contributed by atoms with E-state index in [1.165, 1.54) is 16.0 Å². The topological polar surface area (TPSA) is 62.3 Å². The van der Waals surface area contributed by atoms with E-state index in [4.69, 9.17) is 0 Å². The molecule has 0 unspecified atom stereocenters. The highest BCUT2D eigenvalue weighted by Gasteiger charge is 2.42. The lowest BCUT2D eigenvalue weighted by molar-refractivity contribution is -0.133. The van der Waals surface area contributed by atoms with Gasteiger partial charge in [0.2, 0.25) is 5.91 Å². The molecule has 0 atom stereocenters. The Morgan fingerprint density at radius 2 is 1.91 bits per heavy atom. The Labute approximate surface area is 193 Å². The highest BCUT2D eigenvalue weighted by molar-refractivity contribution is 7.13. The molecule has 1 saturated heterocycles. The van der Waals surface area contributed by atoms with Crippen LogP contribution in [0.3, 0.4) is 0 Å². The van der Waals surface area contributed by atoms with Crippen LogP contribution in [0.4, 0.5) is 0 Å². The molecule has 3 heterocycles. The summed E-state index contributed by atoms with van der Waals surface area (Å²) in [6.45, 7) is 3.86. The molecule has 1 N–H and O–H groups in total. The van der Waals surface area contributed by atoms with Crippen LogP contribution in [0.2, 0.25) is 0 Å². The maximum Gasteiger partial charge on any atom is 0.255 e. The number of carbonyl (C=O) groups excluding carboxylic acids is 2. The van der Waals surface area contributed by atoms with Crippen LogP contribution < -0.4 is 5.32 Å². The van der Waals surface area contributed by atoms with Gasteiger partial charge in [0, 0.05) is 36.9 Å². The molecule has 1 fully saturated rings. The Morgan fingerprint density at radius 3 is 2.59 bits per heavy atom. The van der Waals surface area contributed by atoms with Gasteiger partial charge in [0.1, 0.15) is 0 Å². The van der Waals surface area contributed by atoms with Crippen LogP contribution in [0.1, 0.15) is 42.1 Å². The normalized spacial score (nSPS) is 15.3. The van der Waals surface area contributed by atoms with Gasteiger partial charge in [-0.3, -0.25) is 14.6 Å². The Bertz CT molecular complexity index is 1040. The summed E-state index contributed by atoms with van der Waals surface area (Å²) in [5, 5.41) is 5.23. The zero-order valence-electron chi connectivity index (χ0n) is 18.4. The summed E-state index contributed by atoms with van der Waals surface area (Å²) in [7, 11) is 0. The third-order valence-electron chi connectivity index (χ3n) is 6.27. The summed E-state index contributed by atoms with van der Waals surface area (Å²) >= 11 is 1.72. The minimum atomic E-state index is -0.520. The van der Waals surface area contributed by atoms with Crippen molar-refractivity contribution in [3.8, 4) is 10.4 Å². The first-order valence-corrected chi connectivity index (χ1v) is 12.1. The van der Waals surface area contributed by atoms with E-state index in [2.05, 4.69) is 52.9 Å². The number of aromatic nitrogens is 1. The molecule has 3 aromatic rings. The Morgan fingerprint density at radius 1 is 1.09 bits per heavy atom. The van der Waals surface area contributed by atoms with Gasteiger partial charge in [0.05, 0.1) is 11.0 Å². The van der Waals surface area contributed by atoms with Gasteiger partial charge in [-0.2, -0.15) is 0 Å². The first-order chi connectivity index (χ1) is 15.6. The number of thiophene rings is 1. The first-order valence-electron chi connectivity index (χ1n) is 11.2. The van der Waals surface area contributed by atoms with E-state index >= 15 is 0 Å². The highest BCUT2D eigenvalue weighted by Crippen LogP contribution is 2.39. The number of hydrogen-bond acceptors (Lipinski definition) is 4. The summed E-state index contributed by atoms with van der Waals surface area (Å²) < 4.78 is 0. The Hall–Kier alpha value is -2.99. The molecule has 6 heteroatoms. The van der Waals surface area contributed by atoms with Crippen molar-refractivity contribution in [2.75, 3.05) is 19.6 Å². The summed E-state index contributed by atoms with van der Waals surface area (Å²) in [4.78, 5) is 33.5. The number of amides is 2. The summed E-state index contributed by atoms with van der Waals surface area (Å²) in [5.41, 5.74) is 2.46. The molecule has 0 spiro atoms. The number of carbonyl (C=O) groups is 2. The maximum atomic E-state index is 13.4. The molecule has 2 aromatic heterocycles. The van der Waals surface area contributed by atoms with Gasteiger partial charge in [0.25, 0.3) is 5.91 Å². The van der Waals surface area contributed by atoms with Crippen molar-refractivity contribution in [2.24, 2.45) is 5.41 Å². The molecule has 1 aromatic carbocycles. The van der Waals surface area contributed by atoms with E-state index < -0.39 is 5.41 Å². The predicted octanol–water partition coefficient (Wildman–Crippen LogP) is 4.80. The SMILES string of the molecule is CCCNC(=O)C1(Cc2ccccc2-c2cccs2)CCN(C(=O)c2cccnc2)CC1. The number of rotatable bonds is 7. The first kappa shape index (κ1) is 22.2. The molecular weight excluding hydrogens is 418 g/mol. The van der Waals surface area contributed by atoms with E-state index in [0.29, 0.717) is 44.5 Å². The largest absolute Gasteiger partial charge is 0.356 e. The molecule has 0 radical (unpaired) electrons. The highest BCUT2D eigenvalue weighted by atomic mass is 32.1. The molecular formula is C26H29N3O2S. The number of hydrogen-bond donors (Lipinski definition) is 1. The smallest absolute Gasteiger partial charge is 0.255 e. The summed E-state index contributed by atoms with van der Waals surface area (Å²) in [6, 6.07) is 16.1. The van der Waals surface area contributed by atoms with Crippen LogP contribution in [0.5, 0.6) is 0 Å². The molecule has 5 nitrogen and oxygen atoms in total.